The van der Waals surface area contributed by atoms with E-state index in [0.717, 1.165) is 37.5 Å². The summed E-state index contributed by atoms with van der Waals surface area (Å²) in [4.78, 5) is 24.8. The number of fused-ring (bicyclic) bond motifs is 1. The first-order valence-corrected chi connectivity index (χ1v) is 8.05. The Morgan fingerprint density at radius 1 is 1.19 bits per heavy atom. The second kappa shape index (κ2) is 6.00. The number of anilines is 1. The van der Waals surface area contributed by atoms with E-state index in [0.29, 0.717) is 21.2 Å². The van der Waals surface area contributed by atoms with Crippen LogP contribution in [0.1, 0.15) is 44.0 Å². The molecule has 108 valence electrons. The molecule has 1 aromatic carbocycles. The number of nitrogens with one attached hydrogen (secondary N) is 1. The van der Waals surface area contributed by atoms with Crippen molar-refractivity contribution in [3.63, 3.8) is 0 Å². The molecule has 0 atom stereocenters. The molecule has 0 bridgehead atoms. The lowest BCUT2D eigenvalue weighted by molar-refractivity contribution is 0.102. The molecule has 1 N–H and O–H groups in total. The average Bonchev–Trinajstić information content (AvgIpc) is 2.84. The Hall–Kier alpha value is -1.65. The molecule has 0 saturated carbocycles. The molecule has 5 heteroatoms. The van der Waals surface area contributed by atoms with Crippen LogP contribution in [-0.2, 0) is 12.8 Å². The highest BCUT2D eigenvalue weighted by Gasteiger charge is 2.21. The molecule has 0 aliphatic heterocycles. The van der Waals surface area contributed by atoms with E-state index in [9.17, 15) is 9.59 Å². The number of halogens is 1. The fraction of sp³-hybridized carbons (Fsp3) is 0.250. The fourth-order valence-corrected chi connectivity index (χ4v) is 3.96. The zero-order chi connectivity index (χ0) is 14.8. The van der Waals surface area contributed by atoms with Gasteiger partial charge in [-0.1, -0.05) is 11.6 Å². The molecule has 21 heavy (non-hydrogen) atoms. The topological polar surface area (TPSA) is 46.2 Å². The van der Waals surface area contributed by atoms with E-state index in [-0.39, 0.29) is 5.91 Å². The molecule has 0 fully saturated rings. The maximum Gasteiger partial charge on any atom is 0.256 e. The van der Waals surface area contributed by atoms with Crippen LogP contribution >= 0.6 is 22.9 Å². The summed E-state index contributed by atoms with van der Waals surface area (Å²) in [5.41, 5.74) is 2.30. The van der Waals surface area contributed by atoms with Gasteiger partial charge in [-0.25, -0.2) is 0 Å². The van der Waals surface area contributed by atoms with E-state index in [2.05, 4.69) is 5.32 Å². The second-order valence-corrected chi connectivity index (χ2v) is 6.57. The van der Waals surface area contributed by atoms with Crippen LogP contribution in [0.25, 0.3) is 0 Å². The summed E-state index contributed by atoms with van der Waals surface area (Å²) in [6, 6.07) is 6.70. The number of aldehydes is 1. The van der Waals surface area contributed by atoms with Crippen LogP contribution in [0.4, 0.5) is 5.00 Å². The van der Waals surface area contributed by atoms with Gasteiger partial charge in [-0.05, 0) is 55.5 Å². The van der Waals surface area contributed by atoms with Gasteiger partial charge in [0.15, 0.2) is 6.29 Å². The minimum absolute atomic E-state index is 0.214. The zero-order valence-electron chi connectivity index (χ0n) is 11.3. The molecule has 3 rings (SSSR count). The first-order valence-electron chi connectivity index (χ1n) is 6.85. The molecule has 1 aliphatic carbocycles. The summed E-state index contributed by atoms with van der Waals surface area (Å²) in [5.74, 6) is -0.214. The number of hydrogen-bond donors (Lipinski definition) is 1. The standard InChI is InChI=1S/C16H14ClNO2S/c17-11-7-5-10(6-8-11)15(20)18-16-13(9-19)12-3-1-2-4-14(12)21-16/h5-9H,1-4H2,(H,18,20). The Bertz CT molecular complexity index is 691. The lowest BCUT2D eigenvalue weighted by atomic mass is 9.96. The van der Waals surface area contributed by atoms with Gasteiger partial charge in [0.25, 0.3) is 5.91 Å². The van der Waals surface area contributed by atoms with E-state index in [4.69, 9.17) is 11.6 Å². The lowest BCUT2D eigenvalue weighted by Crippen LogP contribution is -2.12. The highest BCUT2D eigenvalue weighted by atomic mass is 35.5. The number of amides is 1. The average molecular weight is 320 g/mol. The van der Waals surface area contributed by atoms with Crippen LogP contribution < -0.4 is 5.32 Å². The number of rotatable bonds is 3. The van der Waals surface area contributed by atoms with Crippen molar-refractivity contribution in [2.24, 2.45) is 0 Å². The summed E-state index contributed by atoms with van der Waals surface area (Å²) < 4.78 is 0. The molecule has 0 saturated heterocycles. The van der Waals surface area contributed by atoms with Gasteiger partial charge >= 0.3 is 0 Å². The van der Waals surface area contributed by atoms with Crippen LogP contribution in [0.3, 0.4) is 0 Å². The number of aryl methyl sites for hydroxylation is 1. The first-order chi connectivity index (χ1) is 10.2. The van der Waals surface area contributed by atoms with Crippen LogP contribution in [0, 0.1) is 0 Å². The number of carbonyl (C=O) groups is 2. The van der Waals surface area contributed by atoms with Crippen molar-refractivity contribution in [1.82, 2.24) is 0 Å². The Morgan fingerprint density at radius 3 is 2.62 bits per heavy atom. The Kier molecular flexibility index (Phi) is 4.08. The first kappa shape index (κ1) is 14.3. The molecule has 1 aromatic heterocycles. The SMILES string of the molecule is O=Cc1c(NC(=O)c2ccc(Cl)cc2)sc2c1CCCC2. The van der Waals surface area contributed by atoms with Gasteiger partial charge in [0.1, 0.15) is 5.00 Å². The van der Waals surface area contributed by atoms with E-state index in [1.54, 1.807) is 24.3 Å². The van der Waals surface area contributed by atoms with Crippen LogP contribution in [0.2, 0.25) is 5.02 Å². The van der Waals surface area contributed by atoms with Crippen molar-refractivity contribution >= 4 is 40.1 Å². The summed E-state index contributed by atoms with van der Waals surface area (Å²) in [7, 11) is 0. The van der Waals surface area contributed by atoms with Gasteiger partial charge in [0.2, 0.25) is 0 Å². The third-order valence-electron chi connectivity index (χ3n) is 3.66. The molecule has 1 aliphatic rings. The van der Waals surface area contributed by atoms with Gasteiger partial charge in [0, 0.05) is 15.5 Å². The predicted molar refractivity (Wildman–Crippen MR) is 85.8 cm³/mol. The van der Waals surface area contributed by atoms with Crippen molar-refractivity contribution in [1.29, 1.82) is 0 Å². The summed E-state index contributed by atoms with van der Waals surface area (Å²) in [5, 5.41) is 4.11. The monoisotopic (exact) mass is 319 g/mol. The van der Waals surface area contributed by atoms with Crippen LogP contribution in [0.5, 0.6) is 0 Å². The maximum absolute atomic E-state index is 12.2. The molecule has 2 aromatic rings. The molecule has 1 heterocycles. The number of carbonyl (C=O) groups excluding carboxylic acids is 2. The molecule has 0 radical (unpaired) electrons. The Balaban J connectivity index is 1.87. The van der Waals surface area contributed by atoms with Crippen molar-refractivity contribution in [3.8, 4) is 0 Å². The van der Waals surface area contributed by atoms with Gasteiger partial charge in [-0.2, -0.15) is 0 Å². The largest absolute Gasteiger partial charge is 0.313 e. The summed E-state index contributed by atoms with van der Waals surface area (Å²) in [6.45, 7) is 0. The third kappa shape index (κ3) is 2.87. The van der Waals surface area contributed by atoms with Crippen molar-refractivity contribution in [2.45, 2.75) is 25.7 Å². The number of benzene rings is 1. The molecule has 3 nitrogen and oxygen atoms in total. The Morgan fingerprint density at radius 2 is 1.90 bits per heavy atom. The molecule has 0 spiro atoms. The van der Waals surface area contributed by atoms with Gasteiger partial charge in [-0.15, -0.1) is 11.3 Å². The normalized spacial score (nSPS) is 13.6. The zero-order valence-corrected chi connectivity index (χ0v) is 12.9. The van der Waals surface area contributed by atoms with Crippen LogP contribution in [-0.4, -0.2) is 12.2 Å². The predicted octanol–water partition coefficient (Wildman–Crippen LogP) is 4.35. The third-order valence-corrected chi connectivity index (χ3v) is 5.14. The minimum Gasteiger partial charge on any atom is -0.313 e. The summed E-state index contributed by atoms with van der Waals surface area (Å²) >= 11 is 7.34. The van der Waals surface area contributed by atoms with Crippen LogP contribution in [0.15, 0.2) is 24.3 Å². The molecule has 1 amide bonds. The minimum atomic E-state index is -0.214. The summed E-state index contributed by atoms with van der Waals surface area (Å²) in [6.07, 6.45) is 5.04. The molecular weight excluding hydrogens is 306 g/mol. The second-order valence-electron chi connectivity index (χ2n) is 5.03. The van der Waals surface area contributed by atoms with Gasteiger partial charge in [-0.3, -0.25) is 9.59 Å². The van der Waals surface area contributed by atoms with Gasteiger partial charge in [0.05, 0.1) is 5.56 Å². The highest BCUT2D eigenvalue weighted by molar-refractivity contribution is 7.17. The number of thiophene rings is 1. The molecular formula is C16H14ClNO2S. The highest BCUT2D eigenvalue weighted by Crippen LogP contribution is 2.37. The van der Waals surface area contributed by atoms with E-state index < -0.39 is 0 Å². The van der Waals surface area contributed by atoms with Gasteiger partial charge < -0.3 is 5.32 Å². The van der Waals surface area contributed by atoms with Crippen molar-refractivity contribution < 1.29 is 9.59 Å². The Labute approximate surface area is 131 Å². The maximum atomic E-state index is 12.2. The quantitative estimate of drug-likeness (QED) is 0.855. The van der Waals surface area contributed by atoms with E-state index in [1.807, 2.05) is 0 Å². The lowest BCUT2D eigenvalue weighted by Gasteiger charge is -2.10. The van der Waals surface area contributed by atoms with Crippen molar-refractivity contribution in [2.75, 3.05) is 5.32 Å². The smallest absolute Gasteiger partial charge is 0.256 e. The fourth-order valence-electron chi connectivity index (χ4n) is 2.58. The molecule has 0 unspecified atom stereocenters. The van der Waals surface area contributed by atoms with E-state index in [1.165, 1.54) is 16.2 Å². The van der Waals surface area contributed by atoms with E-state index >= 15 is 0 Å². The number of hydrogen-bond acceptors (Lipinski definition) is 3. The van der Waals surface area contributed by atoms with Crippen molar-refractivity contribution in [3.05, 3.63) is 50.9 Å².